The van der Waals surface area contributed by atoms with Crippen LogP contribution in [0.2, 0.25) is 0 Å². The third-order valence-electron chi connectivity index (χ3n) is 5.45. The largest absolute Gasteiger partial charge is 0.452 e. The van der Waals surface area contributed by atoms with Crippen molar-refractivity contribution in [1.29, 1.82) is 0 Å². The molecule has 0 aliphatic carbocycles. The molecule has 1 saturated heterocycles. The van der Waals surface area contributed by atoms with Gasteiger partial charge >= 0.3 is 0 Å². The van der Waals surface area contributed by atoms with Gasteiger partial charge in [0.1, 0.15) is 11.4 Å². The first kappa shape index (κ1) is 20.1. The summed E-state index contributed by atoms with van der Waals surface area (Å²) in [6, 6.07) is 10.5. The molecule has 0 bridgehead atoms. The van der Waals surface area contributed by atoms with E-state index in [0.717, 1.165) is 48.2 Å². The lowest BCUT2D eigenvalue weighted by molar-refractivity contribution is 0.226. The third kappa shape index (κ3) is 3.95. The van der Waals surface area contributed by atoms with E-state index in [2.05, 4.69) is 40.5 Å². The summed E-state index contributed by atoms with van der Waals surface area (Å²) in [5.74, 6) is 1.37. The van der Waals surface area contributed by atoms with Crippen molar-refractivity contribution >= 4 is 28.6 Å². The van der Waals surface area contributed by atoms with Crippen molar-refractivity contribution in [1.82, 2.24) is 10.8 Å². The highest BCUT2D eigenvalue weighted by Crippen LogP contribution is 2.44. The van der Waals surface area contributed by atoms with Gasteiger partial charge in [0.15, 0.2) is 5.76 Å². The molecule has 1 aliphatic rings. The van der Waals surface area contributed by atoms with Crippen molar-refractivity contribution in [2.75, 3.05) is 37.7 Å². The summed E-state index contributed by atoms with van der Waals surface area (Å²) >= 11 is 1.67. The van der Waals surface area contributed by atoms with Gasteiger partial charge in [-0.3, -0.25) is 0 Å². The molecule has 29 heavy (non-hydrogen) atoms. The van der Waals surface area contributed by atoms with Gasteiger partial charge in [-0.1, -0.05) is 11.9 Å². The predicted octanol–water partition coefficient (Wildman–Crippen LogP) is 4.93. The highest BCUT2D eigenvalue weighted by molar-refractivity contribution is 7.99. The molecule has 1 fully saturated rings. The van der Waals surface area contributed by atoms with Gasteiger partial charge in [-0.25, -0.2) is 4.39 Å². The zero-order valence-electron chi connectivity index (χ0n) is 16.9. The van der Waals surface area contributed by atoms with Crippen molar-refractivity contribution in [3.8, 4) is 17.1 Å². The van der Waals surface area contributed by atoms with Crippen molar-refractivity contribution in [3.05, 3.63) is 47.8 Å². The Morgan fingerprint density at radius 2 is 2.07 bits per heavy atom. The molecule has 2 heterocycles. The fourth-order valence-electron chi connectivity index (χ4n) is 3.94. The van der Waals surface area contributed by atoms with Crippen LogP contribution in [0.15, 0.2) is 40.8 Å². The molecular formula is C22H26FN3O2S. The number of hydrogen-bond donors (Lipinski definition) is 2. The fourth-order valence-corrected chi connectivity index (χ4v) is 4.29. The Kier molecular flexibility index (Phi) is 5.99. The van der Waals surface area contributed by atoms with Gasteiger partial charge < -0.3 is 18.9 Å². The van der Waals surface area contributed by atoms with Crippen LogP contribution in [0.4, 0.5) is 10.1 Å². The number of hydrogen-bond acceptors (Lipinski definition) is 6. The lowest BCUT2D eigenvalue weighted by Gasteiger charge is -2.28. The maximum absolute atomic E-state index is 13.4. The molecule has 3 aromatic rings. The summed E-state index contributed by atoms with van der Waals surface area (Å²) in [4.78, 5) is 5.77. The minimum atomic E-state index is -0.281. The molecule has 5 nitrogen and oxygen atoms in total. The number of nitrogens with zero attached hydrogens (tertiary/aromatic N) is 1. The molecule has 0 unspecified atom stereocenters. The van der Waals surface area contributed by atoms with Crippen LogP contribution in [0.1, 0.15) is 24.3 Å². The van der Waals surface area contributed by atoms with Crippen molar-refractivity contribution in [2.45, 2.75) is 18.8 Å². The predicted molar refractivity (Wildman–Crippen MR) is 118 cm³/mol. The molecule has 1 atom stereocenters. The Bertz CT molecular complexity index is 984. The minimum absolute atomic E-state index is 0.281. The third-order valence-corrected chi connectivity index (χ3v) is 6.20. The summed E-state index contributed by atoms with van der Waals surface area (Å²) in [5, 5.41) is 4.43. The Balaban J connectivity index is 1.90. The highest BCUT2D eigenvalue weighted by atomic mass is 32.2. The molecule has 2 aromatic carbocycles. The first-order valence-electron chi connectivity index (χ1n) is 9.81. The Morgan fingerprint density at radius 3 is 2.72 bits per heavy atom. The summed E-state index contributed by atoms with van der Waals surface area (Å²) in [6.07, 6.45) is 4.38. The average molecular weight is 416 g/mol. The molecule has 154 valence electrons. The first-order chi connectivity index (χ1) is 14.1. The van der Waals surface area contributed by atoms with Crippen LogP contribution in [0.5, 0.6) is 5.75 Å². The molecule has 1 aliphatic heterocycles. The van der Waals surface area contributed by atoms with E-state index in [0.29, 0.717) is 17.4 Å². The van der Waals surface area contributed by atoms with Gasteiger partial charge in [0.25, 0.3) is 0 Å². The number of benzene rings is 2. The molecule has 0 amide bonds. The normalized spacial score (nSPS) is 16.9. The molecule has 1 aromatic heterocycles. The van der Waals surface area contributed by atoms with Gasteiger partial charge in [-0.2, -0.15) is 5.48 Å². The van der Waals surface area contributed by atoms with E-state index in [4.69, 9.17) is 9.25 Å². The summed E-state index contributed by atoms with van der Waals surface area (Å²) < 4.78 is 21.8. The molecular weight excluding hydrogens is 389 g/mol. The van der Waals surface area contributed by atoms with Gasteiger partial charge in [0.05, 0.1) is 11.1 Å². The van der Waals surface area contributed by atoms with E-state index in [1.807, 2.05) is 0 Å². The van der Waals surface area contributed by atoms with Crippen molar-refractivity contribution in [3.63, 3.8) is 0 Å². The van der Waals surface area contributed by atoms with Crippen LogP contribution in [-0.2, 0) is 0 Å². The zero-order valence-corrected chi connectivity index (χ0v) is 17.7. The second-order valence-electron chi connectivity index (χ2n) is 7.20. The molecule has 7 heteroatoms. The number of anilines is 1. The van der Waals surface area contributed by atoms with Gasteiger partial charge in [0.2, 0.25) is 5.75 Å². The molecule has 0 saturated carbocycles. The smallest absolute Gasteiger partial charge is 0.201 e. The number of furan rings is 1. The second kappa shape index (κ2) is 8.65. The number of halogens is 1. The second-order valence-corrected chi connectivity index (χ2v) is 8.12. The lowest BCUT2D eigenvalue weighted by atomic mass is 9.89. The maximum atomic E-state index is 13.4. The minimum Gasteiger partial charge on any atom is -0.452 e. The van der Waals surface area contributed by atoms with Crippen LogP contribution in [-0.4, -0.2) is 33.4 Å². The average Bonchev–Trinajstić information content (AvgIpc) is 3.11. The van der Waals surface area contributed by atoms with E-state index in [1.54, 1.807) is 31.1 Å². The van der Waals surface area contributed by atoms with E-state index in [1.165, 1.54) is 17.7 Å². The number of nitrogens with one attached hydrogen (secondary N) is 2. The molecule has 0 radical (unpaired) electrons. The Hall–Kier alpha value is -2.22. The van der Waals surface area contributed by atoms with Crippen LogP contribution < -0.4 is 19.9 Å². The van der Waals surface area contributed by atoms with Crippen molar-refractivity contribution in [2.24, 2.45) is 0 Å². The summed E-state index contributed by atoms with van der Waals surface area (Å²) in [6.45, 7) is 2.03. The Labute approximate surface area is 174 Å². The first-order valence-corrected chi connectivity index (χ1v) is 11.0. The Morgan fingerprint density at radius 1 is 1.28 bits per heavy atom. The van der Waals surface area contributed by atoms with E-state index in [-0.39, 0.29) is 5.82 Å². The molecule has 0 spiro atoms. The van der Waals surface area contributed by atoms with Gasteiger partial charge in [-0.15, -0.1) is 0 Å². The zero-order chi connectivity index (χ0) is 20.4. The van der Waals surface area contributed by atoms with Crippen LogP contribution in [0.25, 0.3) is 22.3 Å². The number of piperidine rings is 1. The van der Waals surface area contributed by atoms with Gasteiger partial charge in [0, 0.05) is 38.5 Å². The van der Waals surface area contributed by atoms with Crippen LogP contribution in [0.3, 0.4) is 0 Å². The topological polar surface area (TPSA) is 49.7 Å². The van der Waals surface area contributed by atoms with E-state index >= 15 is 0 Å². The van der Waals surface area contributed by atoms with Gasteiger partial charge in [-0.05, 0) is 61.2 Å². The number of fused-ring (bicyclic) bond motifs is 1. The SMILES string of the molecule is CNOc1c(-c2ccc(F)cc2)oc2cc(N(C)SC)c([C@@H]3CCCNC3)cc12. The monoisotopic (exact) mass is 415 g/mol. The maximum Gasteiger partial charge on any atom is 0.201 e. The van der Waals surface area contributed by atoms with Crippen LogP contribution in [0, 0.1) is 5.82 Å². The summed E-state index contributed by atoms with van der Waals surface area (Å²) in [7, 11) is 3.79. The number of hydroxylamine groups is 1. The van der Waals surface area contributed by atoms with E-state index in [9.17, 15) is 4.39 Å². The lowest BCUT2D eigenvalue weighted by Crippen LogP contribution is -2.29. The summed E-state index contributed by atoms with van der Waals surface area (Å²) in [5.41, 5.74) is 6.72. The van der Waals surface area contributed by atoms with Crippen LogP contribution >= 0.6 is 11.9 Å². The number of rotatable bonds is 6. The molecule has 4 rings (SSSR count). The molecule has 2 N–H and O–H groups in total. The fraction of sp³-hybridized carbons (Fsp3) is 0.364. The van der Waals surface area contributed by atoms with E-state index < -0.39 is 0 Å². The standard InChI is InChI=1S/C22H26FN3O2S/c1-24-28-22-18-11-17(15-5-4-10-25-13-15)19(26(2)29-3)12-20(18)27-21(22)14-6-8-16(23)9-7-14/h6-9,11-12,15,24-25H,4-5,10,13H2,1-3H3/t15-/m1/s1. The quantitative estimate of drug-likeness (QED) is 0.440. The van der Waals surface area contributed by atoms with Crippen molar-refractivity contribution < 1.29 is 13.6 Å². The highest BCUT2D eigenvalue weighted by Gasteiger charge is 2.25.